The quantitative estimate of drug-likeness (QED) is 0.728. The van der Waals surface area contributed by atoms with E-state index in [0.717, 1.165) is 12.3 Å². The smallest absolute Gasteiger partial charge is 0.165 e. The van der Waals surface area contributed by atoms with Crippen LogP contribution >= 0.6 is 0 Å². The van der Waals surface area contributed by atoms with Crippen LogP contribution in [0.25, 0.3) is 0 Å². The monoisotopic (exact) mass is 262 g/mol. The first-order chi connectivity index (χ1) is 9.27. The molecular weight excluding hydrogens is 236 g/mol. The maximum absolute atomic E-state index is 12.7. The zero-order chi connectivity index (χ0) is 13.0. The van der Waals surface area contributed by atoms with Gasteiger partial charge >= 0.3 is 0 Å². The fourth-order valence-electron chi connectivity index (χ4n) is 6.22. The van der Waals surface area contributed by atoms with Crippen LogP contribution in [0.4, 0.5) is 0 Å². The predicted molar refractivity (Wildman–Crippen MR) is 73.5 cm³/mol. The number of fused-ring (bicyclic) bond motifs is 5. The molecule has 0 radical (unpaired) electrons. The standard InChI is InChI=1S/C17H26O2/c18-16-14-6-2-1-5-12(14)13-9-8-10-4-3-7-11(10)15(13)17(16)19/h10-16,18H,1-9H2. The highest BCUT2D eigenvalue weighted by atomic mass is 16.3. The highest BCUT2D eigenvalue weighted by Crippen LogP contribution is 2.56. The number of aliphatic hydroxyl groups is 1. The predicted octanol–water partition coefficient (Wildman–Crippen LogP) is 3.18. The summed E-state index contributed by atoms with van der Waals surface area (Å²) in [6.07, 6.45) is 10.8. The molecule has 2 heteroatoms. The first kappa shape index (κ1) is 12.4. The summed E-state index contributed by atoms with van der Waals surface area (Å²) in [5.41, 5.74) is 0. The lowest BCUT2D eigenvalue weighted by molar-refractivity contribution is -0.156. The molecule has 1 N–H and O–H groups in total. The van der Waals surface area contributed by atoms with E-state index in [9.17, 15) is 9.90 Å². The second-order valence-electron chi connectivity index (χ2n) is 7.58. The number of carbonyl (C=O) groups excluding carboxylic acids is 1. The molecule has 2 nitrogen and oxygen atoms in total. The molecule has 4 rings (SSSR count). The van der Waals surface area contributed by atoms with Gasteiger partial charge in [-0.1, -0.05) is 25.7 Å². The minimum absolute atomic E-state index is 0.232. The average molecular weight is 262 g/mol. The summed E-state index contributed by atoms with van der Waals surface area (Å²) in [5.74, 6) is 3.50. The van der Waals surface area contributed by atoms with Gasteiger partial charge in [-0.3, -0.25) is 4.79 Å². The molecule has 4 fully saturated rings. The molecule has 7 unspecified atom stereocenters. The van der Waals surface area contributed by atoms with Crippen LogP contribution in [0.15, 0.2) is 0 Å². The Hall–Kier alpha value is -0.370. The van der Waals surface area contributed by atoms with Crippen LogP contribution in [-0.2, 0) is 4.79 Å². The number of Topliss-reactive ketones (excluding diaryl/α,β-unsaturated/α-hetero) is 1. The molecule has 0 heterocycles. The zero-order valence-electron chi connectivity index (χ0n) is 11.8. The van der Waals surface area contributed by atoms with Gasteiger partial charge in [-0.05, 0) is 61.7 Å². The second-order valence-corrected chi connectivity index (χ2v) is 7.58. The minimum atomic E-state index is -0.620. The molecule has 0 aromatic heterocycles. The molecule has 0 amide bonds. The van der Waals surface area contributed by atoms with Crippen molar-refractivity contribution in [2.45, 2.75) is 63.9 Å². The van der Waals surface area contributed by atoms with E-state index in [4.69, 9.17) is 0 Å². The van der Waals surface area contributed by atoms with Gasteiger partial charge in [0.25, 0.3) is 0 Å². The highest BCUT2D eigenvalue weighted by Gasteiger charge is 2.55. The molecule has 4 saturated carbocycles. The van der Waals surface area contributed by atoms with Gasteiger partial charge in [-0.25, -0.2) is 0 Å². The number of rotatable bonds is 0. The molecule has 0 spiro atoms. The third-order valence-corrected chi connectivity index (χ3v) is 6.96. The maximum atomic E-state index is 12.7. The normalized spacial score (nSPS) is 53.3. The van der Waals surface area contributed by atoms with Crippen molar-refractivity contribution < 1.29 is 9.90 Å². The summed E-state index contributed by atoms with van der Waals surface area (Å²) in [5, 5.41) is 10.5. The molecule has 7 atom stereocenters. The lowest BCUT2D eigenvalue weighted by Gasteiger charge is -2.52. The van der Waals surface area contributed by atoms with E-state index in [1.807, 2.05) is 0 Å². The van der Waals surface area contributed by atoms with E-state index in [2.05, 4.69) is 0 Å². The van der Waals surface area contributed by atoms with Crippen molar-refractivity contribution in [2.75, 3.05) is 0 Å². The lowest BCUT2D eigenvalue weighted by atomic mass is 9.52. The Morgan fingerprint density at radius 1 is 0.737 bits per heavy atom. The largest absolute Gasteiger partial charge is 0.385 e. The SMILES string of the molecule is O=C1C(O)C2CCCCC2C2CCC3CCCC3C12. The van der Waals surface area contributed by atoms with E-state index in [-0.39, 0.29) is 11.7 Å². The zero-order valence-corrected chi connectivity index (χ0v) is 11.8. The van der Waals surface area contributed by atoms with Crippen molar-refractivity contribution in [1.29, 1.82) is 0 Å². The van der Waals surface area contributed by atoms with Crippen molar-refractivity contribution in [1.82, 2.24) is 0 Å². The Morgan fingerprint density at radius 2 is 1.47 bits per heavy atom. The van der Waals surface area contributed by atoms with Gasteiger partial charge < -0.3 is 5.11 Å². The average Bonchev–Trinajstić information content (AvgIpc) is 2.92. The number of hydrogen-bond donors (Lipinski definition) is 1. The van der Waals surface area contributed by atoms with Crippen LogP contribution in [0.1, 0.15) is 57.8 Å². The summed E-state index contributed by atoms with van der Waals surface area (Å²) in [4.78, 5) is 12.7. The van der Waals surface area contributed by atoms with Gasteiger partial charge in [0.05, 0.1) is 0 Å². The van der Waals surface area contributed by atoms with E-state index < -0.39 is 6.10 Å². The van der Waals surface area contributed by atoms with Gasteiger partial charge in [-0.15, -0.1) is 0 Å². The second kappa shape index (κ2) is 4.58. The Bertz CT molecular complexity index is 377. The molecule has 106 valence electrons. The summed E-state index contributed by atoms with van der Waals surface area (Å²) in [7, 11) is 0. The fourth-order valence-corrected chi connectivity index (χ4v) is 6.22. The Labute approximate surface area is 116 Å². The third-order valence-electron chi connectivity index (χ3n) is 6.96. The first-order valence-corrected chi connectivity index (χ1v) is 8.49. The van der Waals surface area contributed by atoms with Crippen LogP contribution in [0.3, 0.4) is 0 Å². The number of carbonyl (C=O) groups is 1. The number of ketones is 1. The Balaban J connectivity index is 1.67. The van der Waals surface area contributed by atoms with Crippen LogP contribution in [0.5, 0.6) is 0 Å². The third kappa shape index (κ3) is 1.75. The van der Waals surface area contributed by atoms with Gasteiger partial charge in [0.2, 0.25) is 0 Å². The van der Waals surface area contributed by atoms with Crippen molar-refractivity contribution in [3.05, 3.63) is 0 Å². The Morgan fingerprint density at radius 3 is 2.32 bits per heavy atom. The molecule has 0 aliphatic heterocycles. The van der Waals surface area contributed by atoms with E-state index in [1.54, 1.807) is 0 Å². The minimum Gasteiger partial charge on any atom is -0.385 e. The molecule has 19 heavy (non-hydrogen) atoms. The van der Waals surface area contributed by atoms with Crippen molar-refractivity contribution in [2.24, 2.45) is 35.5 Å². The van der Waals surface area contributed by atoms with Gasteiger partial charge in [0.15, 0.2) is 5.78 Å². The molecule has 4 aliphatic rings. The molecular formula is C17H26O2. The topological polar surface area (TPSA) is 37.3 Å². The van der Waals surface area contributed by atoms with Crippen molar-refractivity contribution in [3.8, 4) is 0 Å². The molecule has 4 aliphatic carbocycles. The van der Waals surface area contributed by atoms with Crippen LogP contribution < -0.4 is 0 Å². The first-order valence-electron chi connectivity index (χ1n) is 8.49. The van der Waals surface area contributed by atoms with Gasteiger partial charge in [0.1, 0.15) is 6.10 Å². The fraction of sp³-hybridized carbons (Fsp3) is 0.941. The van der Waals surface area contributed by atoms with Crippen LogP contribution in [-0.4, -0.2) is 17.0 Å². The number of hydrogen-bond acceptors (Lipinski definition) is 2. The van der Waals surface area contributed by atoms with Gasteiger partial charge in [0, 0.05) is 5.92 Å². The van der Waals surface area contributed by atoms with Crippen LogP contribution in [0.2, 0.25) is 0 Å². The van der Waals surface area contributed by atoms with E-state index >= 15 is 0 Å². The van der Waals surface area contributed by atoms with E-state index in [0.29, 0.717) is 23.7 Å². The maximum Gasteiger partial charge on any atom is 0.165 e. The molecule has 0 saturated heterocycles. The highest BCUT2D eigenvalue weighted by molar-refractivity contribution is 5.87. The van der Waals surface area contributed by atoms with Crippen LogP contribution in [0, 0.1) is 35.5 Å². The number of aliphatic hydroxyl groups excluding tert-OH is 1. The van der Waals surface area contributed by atoms with Crippen molar-refractivity contribution in [3.63, 3.8) is 0 Å². The summed E-state index contributed by atoms with van der Waals surface area (Å²) in [6.45, 7) is 0. The molecule has 0 aromatic rings. The summed E-state index contributed by atoms with van der Waals surface area (Å²) in [6, 6.07) is 0. The van der Waals surface area contributed by atoms with E-state index in [1.165, 1.54) is 51.4 Å². The molecule has 0 aromatic carbocycles. The summed E-state index contributed by atoms with van der Waals surface area (Å²) >= 11 is 0. The molecule has 0 bridgehead atoms. The van der Waals surface area contributed by atoms with Crippen molar-refractivity contribution >= 4 is 5.78 Å². The van der Waals surface area contributed by atoms with Gasteiger partial charge in [-0.2, -0.15) is 0 Å². The lowest BCUT2D eigenvalue weighted by Crippen LogP contribution is -2.55. The Kier molecular flexibility index (Phi) is 2.98. The summed E-state index contributed by atoms with van der Waals surface area (Å²) < 4.78 is 0.